The van der Waals surface area contributed by atoms with Crippen LogP contribution in [0.3, 0.4) is 0 Å². The maximum atomic E-state index is 14.6. The third kappa shape index (κ3) is 5.51. The van der Waals surface area contributed by atoms with E-state index in [4.69, 9.17) is 0 Å². The molecule has 0 atom stereocenters. The predicted octanol–water partition coefficient (Wildman–Crippen LogP) is 9.99. The van der Waals surface area contributed by atoms with Gasteiger partial charge in [-0.3, -0.25) is 9.59 Å². The van der Waals surface area contributed by atoms with E-state index in [1.807, 2.05) is 84.9 Å². The number of rotatable bonds is 7. The fourth-order valence-electron chi connectivity index (χ4n) is 6.34. The zero-order valence-electron chi connectivity index (χ0n) is 27.1. The molecule has 1 aliphatic rings. The predicted molar refractivity (Wildman–Crippen MR) is 192 cm³/mol. The molecule has 5 aromatic carbocycles. The number of imide groups is 1. The Morgan fingerprint density at radius 1 is 0.528 bits per heavy atom. The van der Waals surface area contributed by atoms with Crippen LogP contribution in [-0.2, 0) is 9.59 Å². The van der Waals surface area contributed by atoms with Gasteiger partial charge in [-0.2, -0.15) is 4.57 Å². The Hall–Kier alpha value is -6.66. The van der Waals surface area contributed by atoms with Crippen LogP contribution in [0.2, 0.25) is 0 Å². The molecule has 6 nitrogen and oxygen atoms in total. The van der Waals surface area contributed by atoms with Gasteiger partial charge in [-0.25, -0.2) is 26.9 Å². The molecule has 2 amide bonds. The van der Waals surface area contributed by atoms with Gasteiger partial charge in [0.1, 0.15) is 5.69 Å². The van der Waals surface area contributed by atoms with Crippen molar-refractivity contribution >= 4 is 62.4 Å². The number of aliphatic hydroxyl groups is 1. The second kappa shape index (κ2) is 13.1. The molecule has 0 fully saturated rings. The van der Waals surface area contributed by atoms with Crippen LogP contribution in [0.4, 0.5) is 44.7 Å². The molecule has 8 rings (SSSR count). The van der Waals surface area contributed by atoms with Crippen LogP contribution in [0, 0.1) is 29.1 Å². The molecule has 0 radical (unpaired) electrons. The van der Waals surface area contributed by atoms with E-state index < -0.39 is 58.0 Å². The quantitative estimate of drug-likeness (QED) is 0.0583. The highest BCUT2D eigenvalue weighted by atomic mass is 32.1. The molecule has 260 valence electrons. The van der Waals surface area contributed by atoms with Gasteiger partial charge in [-0.1, -0.05) is 72.8 Å². The van der Waals surface area contributed by atoms with E-state index >= 15 is 0 Å². The second-order valence-electron chi connectivity index (χ2n) is 11.9. The zero-order chi connectivity index (χ0) is 37.0. The molecule has 3 heterocycles. The van der Waals surface area contributed by atoms with Gasteiger partial charge >= 0.3 is 17.5 Å². The van der Waals surface area contributed by atoms with Crippen molar-refractivity contribution in [1.29, 1.82) is 0 Å². The van der Waals surface area contributed by atoms with E-state index in [1.54, 1.807) is 12.1 Å². The average molecular weight is 733 g/mol. The van der Waals surface area contributed by atoms with Gasteiger partial charge in [0.2, 0.25) is 5.82 Å². The number of aliphatic hydroxyl groups excluding tert-OH is 1. The van der Waals surface area contributed by atoms with Gasteiger partial charge in [0.15, 0.2) is 35.7 Å². The van der Waals surface area contributed by atoms with E-state index in [-0.39, 0.29) is 4.90 Å². The average Bonchev–Trinajstić information content (AvgIpc) is 3.68. The van der Waals surface area contributed by atoms with Crippen molar-refractivity contribution in [2.24, 2.45) is 0 Å². The number of benzene rings is 5. The molecule has 0 saturated carbocycles. The first-order chi connectivity index (χ1) is 25.7. The number of hydrogen-bond donors (Lipinski definition) is 1. The Labute approximate surface area is 302 Å². The first kappa shape index (κ1) is 33.5. The van der Waals surface area contributed by atoms with Gasteiger partial charge in [0, 0.05) is 55.3 Å². The smallest absolute Gasteiger partial charge is 0.335 e. The third-order valence-corrected chi connectivity index (χ3v) is 10.2. The molecule has 7 aromatic rings. The summed E-state index contributed by atoms with van der Waals surface area (Å²) < 4.78 is 71.7. The Bertz CT molecular complexity index is 2540. The molecule has 0 bridgehead atoms. The monoisotopic (exact) mass is 732 g/mol. The van der Waals surface area contributed by atoms with Crippen LogP contribution in [0.1, 0.15) is 0 Å². The molecule has 12 heteroatoms. The Morgan fingerprint density at radius 2 is 0.962 bits per heavy atom. The van der Waals surface area contributed by atoms with Crippen LogP contribution < -0.4 is 14.4 Å². The molecule has 0 spiro atoms. The molecular weight excluding hydrogens is 710 g/mol. The minimum Gasteiger partial charge on any atom is -0.498 e. The molecule has 1 N–H and O–H groups in total. The number of nitrogens with zero attached hydrogens (tertiary/aromatic N) is 3. The Balaban J connectivity index is 1.13. The van der Waals surface area contributed by atoms with Crippen molar-refractivity contribution in [3.05, 3.63) is 169 Å². The van der Waals surface area contributed by atoms with Gasteiger partial charge in [-0.05, 0) is 42.0 Å². The summed E-state index contributed by atoms with van der Waals surface area (Å²) in [5.74, 6) is -16.3. The zero-order valence-corrected chi connectivity index (χ0v) is 27.9. The van der Waals surface area contributed by atoms with Crippen LogP contribution >= 0.6 is 11.3 Å². The molecule has 1 aliphatic heterocycles. The molecule has 0 aliphatic carbocycles. The van der Waals surface area contributed by atoms with Crippen molar-refractivity contribution in [2.45, 2.75) is 0 Å². The largest absolute Gasteiger partial charge is 0.498 e. The highest BCUT2D eigenvalue weighted by Gasteiger charge is 2.49. The lowest BCUT2D eigenvalue weighted by atomic mass is 10.0. The number of pyridine rings is 1. The van der Waals surface area contributed by atoms with E-state index in [0.29, 0.717) is 5.56 Å². The number of fused-ring (bicyclic) bond motifs is 1. The lowest BCUT2D eigenvalue weighted by molar-refractivity contribution is -0.578. The normalized spacial score (nSPS) is 13.0. The molecule has 53 heavy (non-hydrogen) atoms. The number of anilines is 4. The van der Waals surface area contributed by atoms with Gasteiger partial charge in [0.25, 0.3) is 5.76 Å². The van der Waals surface area contributed by atoms with Crippen LogP contribution in [0.5, 0.6) is 0 Å². The molecule has 0 unspecified atom stereocenters. The summed E-state index contributed by atoms with van der Waals surface area (Å²) in [6.07, 6.45) is 2.69. The van der Waals surface area contributed by atoms with Gasteiger partial charge < -0.3 is 10.0 Å². The lowest BCUT2D eigenvalue weighted by Crippen LogP contribution is -2.40. The summed E-state index contributed by atoms with van der Waals surface area (Å²) in [7, 11) is 0. The van der Waals surface area contributed by atoms with Crippen molar-refractivity contribution in [3.8, 4) is 20.9 Å². The van der Waals surface area contributed by atoms with Crippen molar-refractivity contribution in [2.75, 3.05) is 9.80 Å². The highest BCUT2D eigenvalue weighted by Crippen LogP contribution is 2.45. The summed E-state index contributed by atoms with van der Waals surface area (Å²) in [5.41, 5.74) is 2.15. The summed E-state index contributed by atoms with van der Waals surface area (Å²) >= 11 is 1.53. The Kier molecular flexibility index (Phi) is 8.31. The molecule has 2 aromatic heterocycles. The van der Waals surface area contributed by atoms with Crippen molar-refractivity contribution < 1.29 is 41.2 Å². The van der Waals surface area contributed by atoms with Crippen molar-refractivity contribution in [3.63, 3.8) is 0 Å². The van der Waals surface area contributed by atoms with Crippen LogP contribution in [0.25, 0.3) is 37.4 Å². The number of carbonyl (C=O) groups excluding carboxylic acids is 2. The standard InChI is InChI=1S/C41H22F5N3O3S/c42-30-31(43)33(45)35(34(46)32(30)44)49-40(51)36(37(50)41(49)52)47-21-19-24(20-22-47)39-29-14-8-7-13-28(29)38(53-39)23-15-17-27(18-16-23)48(25-9-3-1-4-10-25)26-11-5-2-6-12-26/h1-22H/p+1. The minimum absolute atomic E-state index is 0.273. The van der Waals surface area contributed by atoms with E-state index in [1.165, 1.54) is 23.7 Å². The van der Waals surface area contributed by atoms with Gasteiger partial charge in [-0.15, -0.1) is 11.3 Å². The van der Waals surface area contributed by atoms with Crippen LogP contribution in [-0.4, -0.2) is 16.9 Å². The highest BCUT2D eigenvalue weighted by molar-refractivity contribution is 7.21. The van der Waals surface area contributed by atoms with E-state index in [9.17, 15) is 36.6 Å². The van der Waals surface area contributed by atoms with E-state index in [2.05, 4.69) is 29.2 Å². The topological polar surface area (TPSA) is 64.7 Å². The first-order valence-electron chi connectivity index (χ1n) is 16.0. The molecule has 0 saturated heterocycles. The summed E-state index contributed by atoms with van der Waals surface area (Å²) in [6, 6.07) is 39.4. The number of halogens is 5. The summed E-state index contributed by atoms with van der Waals surface area (Å²) in [6.45, 7) is 0. The number of para-hydroxylation sites is 2. The number of amides is 2. The summed E-state index contributed by atoms with van der Waals surface area (Å²) in [5, 5.41) is 12.5. The SMILES string of the molecule is O=C1C(O)=C([n+]2ccc(-c3sc(-c4ccc(N(c5ccccc5)c5ccccc5)cc4)c4ccccc34)cc2)C(=O)N1c1c(F)c(F)c(F)c(F)c1F. The number of carbonyl (C=O) groups is 2. The number of aromatic nitrogens is 1. The van der Waals surface area contributed by atoms with Crippen molar-refractivity contribution in [1.82, 2.24) is 0 Å². The van der Waals surface area contributed by atoms with Gasteiger partial charge in [0.05, 0.1) is 0 Å². The lowest BCUT2D eigenvalue weighted by Gasteiger charge is -2.25. The maximum absolute atomic E-state index is 14.6. The maximum Gasteiger partial charge on any atom is 0.335 e. The number of hydrogen-bond acceptors (Lipinski definition) is 5. The van der Waals surface area contributed by atoms with E-state index in [0.717, 1.165) is 47.7 Å². The second-order valence-corrected chi connectivity index (χ2v) is 12.9. The minimum atomic E-state index is -2.45. The molecular formula is C41H23F5N3O3S+. The fourth-order valence-corrected chi connectivity index (χ4v) is 7.63. The summed E-state index contributed by atoms with van der Waals surface area (Å²) in [4.78, 5) is 29.8. The Morgan fingerprint density at radius 3 is 1.47 bits per heavy atom. The number of thiophene rings is 1. The first-order valence-corrected chi connectivity index (χ1v) is 16.8. The fraction of sp³-hybridized carbons (Fsp3) is 0. The third-order valence-electron chi connectivity index (χ3n) is 8.83. The van der Waals surface area contributed by atoms with Crippen LogP contribution in [0.15, 0.2) is 139 Å².